The van der Waals surface area contributed by atoms with Gasteiger partial charge in [-0.05, 0) is 18.2 Å². The molecule has 0 aromatic carbocycles. The van der Waals surface area contributed by atoms with E-state index in [4.69, 9.17) is 4.74 Å². The molecule has 0 aliphatic rings. The summed E-state index contributed by atoms with van der Waals surface area (Å²) in [6, 6.07) is 5.51. The highest BCUT2D eigenvalue weighted by atomic mass is 16.5. The molecule has 0 radical (unpaired) electrons. The van der Waals surface area contributed by atoms with Crippen molar-refractivity contribution in [3.8, 4) is 11.8 Å². The summed E-state index contributed by atoms with van der Waals surface area (Å²) in [5.41, 5.74) is 0. The molecule has 0 spiro atoms. The summed E-state index contributed by atoms with van der Waals surface area (Å²) in [6.45, 7) is 0. The lowest BCUT2D eigenvalue weighted by Crippen LogP contribution is -1.88. The molecule has 3 aromatic heterocycles. The van der Waals surface area contributed by atoms with Crippen molar-refractivity contribution in [1.82, 2.24) is 24.6 Å². The Kier molecular flexibility index (Phi) is 1.96. The third kappa shape index (κ3) is 1.56. The molecule has 0 amide bonds. The lowest BCUT2D eigenvalue weighted by molar-refractivity contribution is 0.442. The maximum atomic E-state index is 5.44. The number of hydrogen-bond donors (Lipinski definition) is 0. The predicted molar refractivity (Wildman–Crippen MR) is 55.1 cm³/mol. The van der Waals surface area contributed by atoms with E-state index in [2.05, 4.69) is 20.1 Å². The number of fused-ring (bicyclic) bond motifs is 1. The molecule has 0 N–H and O–H groups in total. The SMILES string of the molecule is c1cnc2nc(Oc3ccncc3)nn2c1. The van der Waals surface area contributed by atoms with Gasteiger partial charge in [-0.2, -0.15) is 4.98 Å². The monoisotopic (exact) mass is 213 g/mol. The average Bonchev–Trinajstić information content (AvgIpc) is 2.72. The Morgan fingerprint density at radius 3 is 2.81 bits per heavy atom. The lowest BCUT2D eigenvalue weighted by atomic mass is 10.5. The third-order valence-corrected chi connectivity index (χ3v) is 1.96. The van der Waals surface area contributed by atoms with Crippen LogP contribution in [0.1, 0.15) is 0 Å². The Hall–Kier alpha value is -2.50. The van der Waals surface area contributed by atoms with Crippen LogP contribution < -0.4 is 4.74 Å². The highest BCUT2D eigenvalue weighted by molar-refractivity contribution is 5.29. The molecular weight excluding hydrogens is 206 g/mol. The summed E-state index contributed by atoms with van der Waals surface area (Å²) in [6.07, 6.45) is 6.70. The van der Waals surface area contributed by atoms with Gasteiger partial charge in [0.1, 0.15) is 5.75 Å². The van der Waals surface area contributed by atoms with Crippen molar-refractivity contribution in [1.29, 1.82) is 0 Å². The smallest absolute Gasteiger partial charge is 0.343 e. The standard InChI is InChI=1S/C10H7N5O/c1-4-12-9-13-10(14-15(9)7-1)16-8-2-5-11-6-3-8/h1-7H. The topological polar surface area (TPSA) is 65.2 Å². The third-order valence-electron chi connectivity index (χ3n) is 1.96. The summed E-state index contributed by atoms with van der Waals surface area (Å²) in [5, 5.41) is 4.11. The van der Waals surface area contributed by atoms with Crippen LogP contribution in [0, 0.1) is 0 Å². The highest BCUT2D eigenvalue weighted by Gasteiger charge is 2.05. The van der Waals surface area contributed by atoms with E-state index >= 15 is 0 Å². The first-order valence-electron chi connectivity index (χ1n) is 4.67. The fourth-order valence-electron chi connectivity index (χ4n) is 1.27. The number of aromatic nitrogens is 5. The normalized spacial score (nSPS) is 10.5. The summed E-state index contributed by atoms with van der Waals surface area (Å²) in [7, 11) is 0. The van der Waals surface area contributed by atoms with E-state index in [1.54, 1.807) is 47.5 Å². The van der Waals surface area contributed by atoms with E-state index in [0.717, 1.165) is 0 Å². The van der Waals surface area contributed by atoms with Crippen LogP contribution in [0.5, 0.6) is 11.8 Å². The minimum absolute atomic E-state index is 0.268. The number of rotatable bonds is 2. The Labute approximate surface area is 90.6 Å². The molecule has 6 nitrogen and oxygen atoms in total. The van der Waals surface area contributed by atoms with Crippen LogP contribution in [0.4, 0.5) is 0 Å². The summed E-state index contributed by atoms with van der Waals surface area (Å²) < 4.78 is 6.99. The van der Waals surface area contributed by atoms with Crippen molar-refractivity contribution < 1.29 is 4.74 Å². The molecule has 78 valence electrons. The van der Waals surface area contributed by atoms with Gasteiger partial charge in [-0.3, -0.25) is 4.98 Å². The van der Waals surface area contributed by atoms with Crippen molar-refractivity contribution in [3.05, 3.63) is 43.0 Å². The molecule has 3 rings (SSSR count). The van der Waals surface area contributed by atoms with Gasteiger partial charge in [0, 0.05) is 24.8 Å². The molecule has 0 fully saturated rings. The van der Waals surface area contributed by atoms with Crippen LogP contribution in [0.25, 0.3) is 5.78 Å². The molecule has 3 heterocycles. The molecular formula is C10H7N5O. The minimum Gasteiger partial charge on any atom is -0.423 e. The molecule has 6 heteroatoms. The molecule has 0 aliphatic heterocycles. The maximum absolute atomic E-state index is 5.44. The molecule has 0 aliphatic carbocycles. The van der Waals surface area contributed by atoms with E-state index in [9.17, 15) is 0 Å². The van der Waals surface area contributed by atoms with Crippen LogP contribution in [0.2, 0.25) is 0 Å². The summed E-state index contributed by atoms with van der Waals surface area (Å²) >= 11 is 0. The molecule has 16 heavy (non-hydrogen) atoms. The van der Waals surface area contributed by atoms with Gasteiger partial charge >= 0.3 is 6.01 Å². The highest BCUT2D eigenvalue weighted by Crippen LogP contribution is 2.16. The largest absolute Gasteiger partial charge is 0.423 e. The van der Waals surface area contributed by atoms with Crippen LogP contribution in [0.15, 0.2) is 43.0 Å². The summed E-state index contributed by atoms with van der Waals surface area (Å²) in [4.78, 5) is 12.0. The Morgan fingerprint density at radius 2 is 2.00 bits per heavy atom. The van der Waals surface area contributed by atoms with Crippen LogP contribution >= 0.6 is 0 Å². The molecule has 0 saturated heterocycles. The van der Waals surface area contributed by atoms with Gasteiger partial charge in [0.05, 0.1) is 0 Å². The maximum Gasteiger partial charge on any atom is 0.343 e. The molecule has 3 aromatic rings. The lowest BCUT2D eigenvalue weighted by Gasteiger charge is -1.97. The molecule has 0 saturated carbocycles. The van der Waals surface area contributed by atoms with Crippen molar-refractivity contribution >= 4 is 5.78 Å². The van der Waals surface area contributed by atoms with Crippen molar-refractivity contribution in [3.63, 3.8) is 0 Å². The first kappa shape index (κ1) is 8.78. The number of hydrogen-bond acceptors (Lipinski definition) is 5. The van der Waals surface area contributed by atoms with Crippen LogP contribution in [-0.4, -0.2) is 24.6 Å². The molecule has 0 atom stereocenters. The molecule has 0 unspecified atom stereocenters. The van der Waals surface area contributed by atoms with E-state index in [-0.39, 0.29) is 6.01 Å². The van der Waals surface area contributed by atoms with E-state index in [0.29, 0.717) is 11.5 Å². The van der Waals surface area contributed by atoms with E-state index < -0.39 is 0 Å². The predicted octanol–water partition coefficient (Wildman–Crippen LogP) is 1.31. The van der Waals surface area contributed by atoms with Gasteiger partial charge in [0.2, 0.25) is 0 Å². The van der Waals surface area contributed by atoms with Gasteiger partial charge in [-0.1, -0.05) is 0 Å². The Morgan fingerprint density at radius 1 is 1.12 bits per heavy atom. The van der Waals surface area contributed by atoms with Gasteiger partial charge in [-0.15, -0.1) is 5.10 Å². The summed E-state index contributed by atoms with van der Waals surface area (Å²) in [5.74, 6) is 1.15. The first-order chi connectivity index (χ1) is 7.92. The molecule has 0 bridgehead atoms. The first-order valence-corrected chi connectivity index (χ1v) is 4.67. The van der Waals surface area contributed by atoms with Gasteiger partial charge in [0.25, 0.3) is 5.78 Å². The number of nitrogens with zero attached hydrogens (tertiary/aromatic N) is 5. The van der Waals surface area contributed by atoms with Crippen molar-refractivity contribution in [2.75, 3.05) is 0 Å². The Balaban J connectivity index is 1.95. The van der Waals surface area contributed by atoms with Gasteiger partial charge in [0.15, 0.2) is 0 Å². The average molecular weight is 213 g/mol. The van der Waals surface area contributed by atoms with Crippen LogP contribution in [0.3, 0.4) is 0 Å². The minimum atomic E-state index is 0.268. The quantitative estimate of drug-likeness (QED) is 0.642. The zero-order valence-corrected chi connectivity index (χ0v) is 8.19. The second kappa shape index (κ2) is 3.58. The Bertz CT molecular complexity index is 574. The van der Waals surface area contributed by atoms with Crippen molar-refractivity contribution in [2.45, 2.75) is 0 Å². The zero-order chi connectivity index (χ0) is 10.8. The number of ether oxygens (including phenoxy) is 1. The zero-order valence-electron chi connectivity index (χ0n) is 8.19. The van der Waals surface area contributed by atoms with E-state index in [1.807, 2.05) is 0 Å². The van der Waals surface area contributed by atoms with E-state index in [1.165, 1.54) is 0 Å². The second-order valence-electron chi connectivity index (χ2n) is 3.04. The van der Waals surface area contributed by atoms with Crippen LogP contribution in [-0.2, 0) is 0 Å². The fraction of sp³-hybridized carbons (Fsp3) is 0. The van der Waals surface area contributed by atoms with Gasteiger partial charge < -0.3 is 4.74 Å². The van der Waals surface area contributed by atoms with Crippen molar-refractivity contribution in [2.24, 2.45) is 0 Å². The van der Waals surface area contributed by atoms with Gasteiger partial charge in [-0.25, -0.2) is 9.50 Å². The fourth-order valence-corrected chi connectivity index (χ4v) is 1.27. The number of pyridine rings is 1. The second-order valence-corrected chi connectivity index (χ2v) is 3.04.